The normalized spacial score (nSPS) is 18.4. The van der Waals surface area contributed by atoms with Gasteiger partial charge in [-0.05, 0) is 43.4 Å². The Balaban J connectivity index is 1.11. The molecule has 4 N–H and O–H groups in total. The lowest BCUT2D eigenvalue weighted by molar-refractivity contribution is -0.125. The van der Waals surface area contributed by atoms with Gasteiger partial charge in [0.05, 0.1) is 18.7 Å². The number of hydrogen-bond donors (Lipinski definition) is 4. The fourth-order valence-corrected chi connectivity index (χ4v) is 6.78. The van der Waals surface area contributed by atoms with Gasteiger partial charge in [-0.1, -0.05) is 106 Å². The van der Waals surface area contributed by atoms with Gasteiger partial charge in [-0.25, -0.2) is 9.48 Å². The number of carbonyl (C=O) groups excluding carboxylic acids is 4. The van der Waals surface area contributed by atoms with Gasteiger partial charge in [-0.2, -0.15) is 0 Å². The van der Waals surface area contributed by atoms with Crippen LogP contribution >= 0.6 is 0 Å². The topological polar surface area (TPSA) is 150 Å². The molecule has 2 fully saturated rings. The van der Waals surface area contributed by atoms with Gasteiger partial charge in [0.15, 0.2) is 0 Å². The zero-order chi connectivity index (χ0) is 36.7. The number of amides is 5. The third-order valence-electron chi connectivity index (χ3n) is 10.0. The summed E-state index contributed by atoms with van der Waals surface area (Å²) in [4.78, 5) is 54.0. The quantitative estimate of drug-likeness (QED) is 0.115. The van der Waals surface area contributed by atoms with E-state index in [1.807, 2.05) is 30.3 Å². The molecule has 12 heteroatoms. The maximum absolute atomic E-state index is 13.3. The van der Waals surface area contributed by atoms with Crippen LogP contribution in [-0.2, 0) is 16.1 Å². The Morgan fingerprint density at radius 2 is 1.54 bits per heavy atom. The van der Waals surface area contributed by atoms with Crippen LogP contribution in [0.25, 0.3) is 11.3 Å². The first-order valence-electron chi connectivity index (χ1n) is 19.3. The summed E-state index contributed by atoms with van der Waals surface area (Å²) in [5.41, 5.74) is 3.15. The summed E-state index contributed by atoms with van der Waals surface area (Å²) in [5, 5.41) is 20.4. The molecule has 0 radical (unpaired) electrons. The van der Waals surface area contributed by atoms with E-state index in [0.717, 1.165) is 63.4 Å². The minimum absolute atomic E-state index is 0.0255. The average molecular weight is 713 g/mol. The number of benzene rings is 2. The molecule has 2 heterocycles. The molecule has 3 aromatic rings. The summed E-state index contributed by atoms with van der Waals surface area (Å²) in [7, 11) is 0. The Labute approximate surface area is 307 Å². The number of aromatic nitrogens is 3. The Morgan fingerprint density at radius 1 is 0.846 bits per heavy atom. The van der Waals surface area contributed by atoms with Crippen molar-refractivity contribution in [2.75, 3.05) is 26.2 Å². The highest BCUT2D eigenvalue weighted by molar-refractivity contribution is 5.95. The molecule has 5 rings (SSSR count). The monoisotopic (exact) mass is 712 g/mol. The zero-order valence-corrected chi connectivity index (χ0v) is 30.8. The molecule has 2 aliphatic rings. The maximum atomic E-state index is 13.3. The first-order chi connectivity index (χ1) is 25.4. The minimum atomic E-state index is -0.832. The van der Waals surface area contributed by atoms with Crippen LogP contribution < -0.4 is 21.3 Å². The third kappa shape index (κ3) is 11.4. The lowest BCUT2D eigenvalue weighted by atomic mass is 10.1. The van der Waals surface area contributed by atoms with Gasteiger partial charge in [-0.15, -0.1) is 5.10 Å². The summed E-state index contributed by atoms with van der Waals surface area (Å²) in [6, 6.07) is 16.4. The van der Waals surface area contributed by atoms with E-state index in [1.54, 1.807) is 27.9 Å². The third-order valence-corrected chi connectivity index (χ3v) is 10.0. The summed E-state index contributed by atoms with van der Waals surface area (Å²) < 4.78 is 1.56. The standard InChI is InChI=1S/C40H56N8O4/c1-3-5-7-9-14-23-42-40(52)44-36(38(50)41-22-13-8-6-4-2)28-48-27-35(45-46-48)30-17-19-31(20-18-30)39(51)47-24-21-32(26-47)37(49)43-34-25-33(34)29-15-11-10-12-16-29/h10-12,15-20,27,32-34,36H,3-9,13-14,21-26,28H2,1-2H3,(H,41,50)(H,43,49)(H2,42,44,52)/t32-,33+,34-,36-/m0/s1. The number of hydrogen-bond acceptors (Lipinski definition) is 6. The summed E-state index contributed by atoms with van der Waals surface area (Å²) >= 11 is 0. The van der Waals surface area contributed by atoms with Crippen LogP contribution in [0.1, 0.15) is 106 Å². The highest BCUT2D eigenvalue weighted by Crippen LogP contribution is 2.41. The van der Waals surface area contributed by atoms with E-state index < -0.39 is 6.04 Å². The van der Waals surface area contributed by atoms with Crippen molar-refractivity contribution < 1.29 is 19.2 Å². The number of carbonyl (C=O) groups is 4. The van der Waals surface area contributed by atoms with E-state index in [9.17, 15) is 19.2 Å². The first kappa shape index (κ1) is 38.5. The van der Waals surface area contributed by atoms with Crippen molar-refractivity contribution in [3.8, 4) is 11.3 Å². The molecule has 1 saturated heterocycles. The molecule has 280 valence electrons. The average Bonchev–Trinajstić information content (AvgIpc) is 3.50. The largest absolute Gasteiger partial charge is 0.354 e. The molecule has 12 nitrogen and oxygen atoms in total. The van der Waals surface area contributed by atoms with Crippen molar-refractivity contribution in [3.05, 3.63) is 71.9 Å². The van der Waals surface area contributed by atoms with E-state index in [1.165, 1.54) is 12.0 Å². The fourth-order valence-electron chi connectivity index (χ4n) is 6.78. The molecular formula is C40H56N8O4. The minimum Gasteiger partial charge on any atom is -0.354 e. The molecule has 0 spiro atoms. The molecule has 0 unspecified atom stereocenters. The summed E-state index contributed by atoms with van der Waals surface area (Å²) in [6.07, 6.45) is 12.9. The Kier molecular flexibility index (Phi) is 14.6. The SMILES string of the molecule is CCCCCCCNC(=O)N[C@@H](Cn1cc(-c2ccc(C(=O)N3CC[C@H](C(=O)N[C@H]4C[C@@H]4c4ccccc4)C3)cc2)nn1)C(=O)NCCCCCC. The second kappa shape index (κ2) is 19.8. The van der Waals surface area contributed by atoms with Crippen molar-refractivity contribution >= 4 is 23.8 Å². The van der Waals surface area contributed by atoms with Crippen molar-refractivity contribution in [2.24, 2.45) is 5.92 Å². The number of nitrogens with one attached hydrogen (secondary N) is 4. The summed E-state index contributed by atoms with van der Waals surface area (Å²) in [6.45, 7) is 6.47. The highest BCUT2D eigenvalue weighted by atomic mass is 16.2. The van der Waals surface area contributed by atoms with Gasteiger partial charge in [0, 0.05) is 49.3 Å². The van der Waals surface area contributed by atoms with E-state index in [0.29, 0.717) is 49.8 Å². The Hall–Kier alpha value is -4.74. The second-order valence-corrected chi connectivity index (χ2v) is 14.2. The lowest BCUT2D eigenvalue weighted by Crippen LogP contribution is -2.52. The van der Waals surface area contributed by atoms with Crippen LogP contribution in [0.5, 0.6) is 0 Å². The molecule has 52 heavy (non-hydrogen) atoms. The fraction of sp³-hybridized carbons (Fsp3) is 0.550. The Bertz CT molecular complexity index is 1590. The van der Waals surface area contributed by atoms with E-state index in [2.05, 4.69) is 57.6 Å². The van der Waals surface area contributed by atoms with E-state index in [4.69, 9.17) is 0 Å². The molecule has 2 aromatic carbocycles. The van der Waals surface area contributed by atoms with Crippen LogP contribution in [0, 0.1) is 5.92 Å². The molecule has 4 atom stereocenters. The molecule has 1 aliphatic carbocycles. The van der Waals surface area contributed by atoms with Gasteiger partial charge >= 0.3 is 6.03 Å². The van der Waals surface area contributed by atoms with Crippen molar-refractivity contribution in [1.29, 1.82) is 0 Å². The highest BCUT2D eigenvalue weighted by Gasteiger charge is 2.41. The summed E-state index contributed by atoms with van der Waals surface area (Å²) in [5.74, 6) is -0.183. The number of likely N-dealkylation sites (tertiary alicyclic amines) is 1. The van der Waals surface area contributed by atoms with Crippen LogP contribution in [0.3, 0.4) is 0 Å². The lowest BCUT2D eigenvalue weighted by Gasteiger charge is -2.19. The van der Waals surface area contributed by atoms with Crippen LogP contribution in [0.2, 0.25) is 0 Å². The maximum Gasteiger partial charge on any atom is 0.315 e. The van der Waals surface area contributed by atoms with Gasteiger partial charge in [0.1, 0.15) is 11.7 Å². The molecule has 1 aromatic heterocycles. The van der Waals surface area contributed by atoms with E-state index >= 15 is 0 Å². The van der Waals surface area contributed by atoms with Gasteiger partial charge in [-0.3, -0.25) is 14.4 Å². The van der Waals surface area contributed by atoms with Crippen molar-refractivity contribution in [1.82, 2.24) is 41.2 Å². The van der Waals surface area contributed by atoms with Crippen molar-refractivity contribution in [3.63, 3.8) is 0 Å². The first-order valence-corrected chi connectivity index (χ1v) is 19.3. The van der Waals surface area contributed by atoms with Gasteiger partial charge in [0.2, 0.25) is 11.8 Å². The van der Waals surface area contributed by atoms with Gasteiger partial charge in [0.25, 0.3) is 5.91 Å². The molecular weight excluding hydrogens is 656 g/mol. The van der Waals surface area contributed by atoms with Gasteiger partial charge < -0.3 is 26.2 Å². The van der Waals surface area contributed by atoms with Crippen LogP contribution in [-0.4, -0.2) is 81.9 Å². The molecule has 1 saturated carbocycles. The number of nitrogens with zero attached hydrogens (tertiary/aromatic N) is 4. The number of urea groups is 1. The van der Waals surface area contributed by atoms with Crippen LogP contribution in [0.4, 0.5) is 4.79 Å². The Morgan fingerprint density at radius 3 is 2.27 bits per heavy atom. The molecule has 1 aliphatic heterocycles. The van der Waals surface area contributed by atoms with Crippen LogP contribution in [0.15, 0.2) is 60.8 Å². The number of unbranched alkanes of at least 4 members (excludes halogenated alkanes) is 7. The predicted molar refractivity (Wildman–Crippen MR) is 201 cm³/mol. The molecule has 5 amide bonds. The predicted octanol–water partition coefficient (Wildman–Crippen LogP) is 5.41. The molecule has 0 bridgehead atoms. The smallest absolute Gasteiger partial charge is 0.315 e. The number of rotatable bonds is 20. The zero-order valence-electron chi connectivity index (χ0n) is 30.8. The second-order valence-electron chi connectivity index (χ2n) is 14.2. The van der Waals surface area contributed by atoms with Crippen molar-refractivity contribution in [2.45, 2.75) is 109 Å². The van der Waals surface area contributed by atoms with E-state index in [-0.39, 0.29) is 42.3 Å².